The number of aromatic nitrogens is 1. The van der Waals surface area contributed by atoms with Gasteiger partial charge in [0.05, 0.1) is 11.3 Å². The predicted molar refractivity (Wildman–Crippen MR) is 186 cm³/mol. The van der Waals surface area contributed by atoms with Crippen LogP contribution in [0.1, 0.15) is 64.7 Å². The van der Waals surface area contributed by atoms with E-state index in [0.29, 0.717) is 25.1 Å². The summed E-state index contributed by atoms with van der Waals surface area (Å²) in [6.45, 7) is 1.76. The summed E-state index contributed by atoms with van der Waals surface area (Å²) < 4.78 is 33.9. The quantitative estimate of drug-likeness (QED) is 0.309. The Morgan fingerprint density at radius 2 is 1.80 bits per heavy atom. The Hall–Kier alpha value is -4.45. The molecule has 2 aliphatic heterocycles. The fourth-order valence-electron chi connectivity index (χ4n) is 7.03. The van der Waals surface area contributed by atoms with Gasteiger partial charge >= 0.3 is 0 Å². The molecule has 11 nitrogen and oxygen atoms in total. The molecule has 2 aliphatic carbocycles. The van der Waals surface area contributed by atoms with Crippen LogP contribution in [0.2, 0.25) is 0 Å². The maximum absolute atomic E-state index is 14.5. The Labute approximate surface area is 286 Å². The Balaban J connectivity index is 1.20. The van der Waals surface area contributed by atoms with Gasteiger partial charge in [0.2, 0.25) is 27.7 Å². The molecule has 12 heteroatoms. The second-order valence-corrected chi connectivity index (χ2v) is 16.3. The summed E-state index contributed by atoms with van der Waals surface area (Å²) in [7, 11) is -3.93. The molecule has 0 spiro atoms. The third-order valence-electron chi connectivity index (χ3n) is 10.5. The van der Waals surface area contributed by atoms with E-state index < -0.39 is 50.3 Å². The highest BCUT2D eigenvalue weighted by Crippen LogP contribution is 2.47. The molecule has 2 aromatic carbocycles. The SMILES string of the molecule is CC1(S(=O)(=O)NC(=O)[C@@]23C[C@@H]2/C=C\CCCCC[C@H](Nc2ccccc2)C(=O)N2C[C@H](Oc4nccc5ccccc45)C[C@H]2C(=O)N3)CC1. The summed E-state index contributed by atoms with van der Waals surface area (Å²) in [6, 6.07) is 17.6. The highest BCUT2D eigenvalue weighted by Gasteiger charge is 2.63. The number of nitrogens with zero attached hydrogens (tertiary/aromatic N) is 2. The average molecular weight is 686 g/mol. The van der Waals surface area contributed by atoms with Gasteiger partial charge in [0.15, 0.2) is 0 Å². The van der Waals surface area contributed by atoms with E-state index >= 15 is 0 Å². The van der Waals surface area contributed by atoms with Crippen molar-refractivity contribution in [3.8, 4) is 5.88 Å². The maximum Gasteiger partial charge on any atom is 0.259 e. The molecule has 5 atom stereocenters. The zero-order valence-corrected chi connectivity index (χ0v) is 28.5. The van der Waals surface area contributed by atoms with Gasteiger partial charge in [-0.1, -0.05) is 61.4 Å². The zero-order chi connectivity index (χ0) is 34.2. The molecule has 3 amide bonds. The second-order valence-electron chi connectivity index (χ2n) is 14.1. The normalized spacial score (nSPS) is 29.0. The molecule has 0 bridgehead atoms. The number of nitrogens with one attached hydrogen (secondary N) is 3. The van der Waals surface area contributed by atoms with Crippen molar-refractivity contribution in [2.75, 3.05) is 11.9 Å². The molecule has 258 valence electrons. The number of carbonyl (C=O) groups excluding carboxylic acids is 3. The number of carbonyl (C=O) groups is 3. The van der Waals surface area contributed by atoms with Gasteiger partial charge in [-0.05, 0) is 75.1 Å². The molecule has 1 aromatic heterocycles. The number of rotatable bonds is 7. The Kier molecular flexibility index (Phi) is 8.85. The molecule has 49 heavy (non-hydrogen) atoms. The van der Waals surface area contributed by atoms with E-state index in [1.807, 2.05) is 72.8 Å². The van der Waals surface area contributed by atoms with Crippen LogP contribution < -0.4 is 20.1 Å². The Morgan fingerprint density at radius 3 is 2.59 bits per heavy atom. The van der Waals surface area contributed by atoms with Crippen molar-refractivity contribution in [3.63, 3.8) is 0 Å². The third kappa shape index (κ3) is 6.75. The smallest absolute Gasteiger partial charge is 0.259 e. The molecule has 1 saturated heterocycles. The van der Waals surface area contributed by atoms with Crippen LogP contribution in [0.15, 0.2) is 79.0 Å². The molecule has 0 unspecified atom stereocenters. The number of allylic oxidation sites excluding steroid dienone is 1. The van der Waals surface area contributed by atoms with Gasteiger partial charge in [0.1, 0.15) is 23.7 Å². The van der Waals surface area contributed by atoms with E-state index in [4.69, 9.17) is 4.74 Å². The lowest BCUT2D eigenvalue weighted by molar-refractivity contribution is -0.140. The van der Waals surface area contributed by atoms with Crippen LogP contribution in [0.3, 0.4) is 0 Å². The first-order valence-corrected chi connectivity index (χ1v) is 18.7. The van der Waals surface area contributed by atoms with E-state index in [9.17, 15) is 22.8 Å². The summed E-state index contributed by atoms with van der Waals surface area (Å²) in [5.74, 6) is -1.43. The lowest BCUT2D eigenvalue weighted by Crippen LogP contribution is -2.58. The molecule has 3 fully saturated rings. The predicted octanol–water partition coefficient (Wildman–Crippen LogP) is 4.46. The largest absolute Gasteiger partial charge is 0.472 e. The number of amides is 3. The van der Waals surface area contributed by atoms with E-state index in [2.05, 4.69) is 20.3 Å². The minimum absolute atomic E-state index is 0.143. The van der Waals surface area contributed by atoms with Crippen molar-refractivity contribution in [1.29, 1.82) is 0 Å². The molecular formula is C37H43N5O6S. The summed E-state index contributed by atoms with van der Waals surface area (Å²) in [6.07, 6.45) is 10.4. The van der Waals surface area contributed by atoms with Crippen molar-refractivity contribution in [2.45, 2.75) is 93.2 Å². The minimum atomic E-state index is -3.93. The van der Waals surface area contributed by atoms with Gasteiger partial charge in [-0.15, -0.1) is 0 Å². The first-order valence-electron chi connectivity index (χ1n) is 17.3. The lowest BCUT2D eigenvalue weighted by atomic mass is 10.0. The van der Waals surface area contributed by atoms with Crippen LogP contribution in [-0.2, 0) is 24.4 Å². The van der Waals surface area contributed by atoms with E-state index in [-0.39, 0.29) is 31.2 Å². The van der Waals surface area contributed by atoms with Gasteiger partial charge in [-0.3, -0.25) is 19.1 Å². The molecule has 3 N–H and O–H groups in total. The van der Waals surface area contributed by atoms with Crippen molar-refractivity contribution in [2.24, 2.45) is 5.92 Å². The Bertz CT molecular complexity index is 1870. The number of sulfonamides is 1. The number of ether oxygens (including phenoxy) is 1. The fraction of sp³-hybridized carbons (Fsp3) is 0.459. The maximum atomic E-state index is 14.5. The summed E-state index contributed by atoms with van der Waals surface area (Å²) in [5.41, 5.74) is -0.629. The van der Waals surface area contributed by atoms with Crippen LogP contribution in [0.4, 0.5) is 5.69 Å². The third-order valence-corrected chi connectivity index (χ3v) is 12.7. The highest BCUT2D eigenvalue weighted by molar-refractivity contribution is 7.91. The second kappa shape index (κ2) is 13.1. The fourth-order valence-corrected chi connectivity index (χ4v) is 8.34. The molecule has 3 aromatic rings. The monoisotopic (exact) mass is 685 g/mol. The molecule has 3 heterocycles. The molecule has 7 rings (SSSR count). The van der Waals surface area contributed by atoms with Gasteiger partial charge in [-0.2, -0.15) is 0 Å². The lowest BCUT2D eigenvalue weighted by Gasteiger charge is -2.30. The number of benzene rings is 2. The van der Waals surface area contributed by atoms with Gasteiger partial charge in [0, 0.05) is 29.6 Å². The number of anilines is 1. The summed E-state index contributed by atoms with van der Waals surface area (Å²) in [4.78, 5) is 48.6. The summed E-state index contributed by atoms with van der Waals surface area (Å²) >= 11 is 0. The zero-order valence-electron chi connectivity index (χ0n) is 27.6. The van der Waals surface area contributed by atoms with Crippen LogP contribution in [-0.4, -0.2) is 71.0 Å². The first kappa shape index (κ1) is 33.1. The number of fused-ring (bicyclic) bond motifs is 3. The molecule has 2 saturated carbocycles. The van der Waals surface area contributed by atoms with Gasteiger partial charge in [0.25, 0.3) is 5.91 Å². The Morgan fingerprint density at radius 1 is 1.02 bits per heavy atom. The van der Waals surface area contributed by atoms with Crippen molar-refractivity contribution in [3.05, 3.63) is 79.0 Å². The molecular weight excluding hydrogens is 643 g/mol. The van der Waals surface area contributed by atoms with Gasteiger partial charge in [-0.25, -0.2) is 13.4 Å². The number of hydrogen-bond acceptors (Lipinski definition) is 8. The molecule has 0 radical (unpaired) electrons. The number of pyridine rings is 1. The number of hydrogen-bond donors (Lipinski definition) is 3. The van der Waals surface area contributed by atoms with Crippen molar-refractivity contribution in [1.82, 2.24) is 19.9 Å². The van der Waals surface area contributed by atoms with E-state index in [1.165, 1.54) is 0 Å². The standard InChI is InChI=1S/C37H43N5O6S/c1-36(19-20-36)49(46,47)41-35(45)37-23-26(37)13-6-3-2-4-9-17-30(39-27-14-7-5-8-15-27)34(44)42-24-28(22-31(42)32(43)40-37)48-33-29-16-11-10-12-25(29)18-21-38-33/h5-8,10-16,18,21,26,28,30-31,39H,2-4,9,17,19-20,22-24H2,1H3,(H,40,43)(H,41,45)/b13-6-/t26-,28+,30-,31-,37+/m0/s1. The van der Waals surface area contributed by atoms with E-state index in [0.717, 1.165) is 42.1 Å². The average Bonchev–Trinajstić information content (AvgIpc) is 3.97. The van der Waals surface area contributed by atoms with Crippen molar-refractivity contribution < 1.29 is 27.5 Å². The van der Waals surface area contributed by atoms with E-state index in [1.54, 1.807) is 18.0 Å². The molecule has 4 aliphatic rings. The van der Waals surface area contributed by atoms with Crippen LogP contribution >= 0.6 is 0 Å². The number of para-hydroxylation sites is 1. The van der Waals surface area contributed by atoms with Crippen LogP contribution in [0, 0.1) is 5.92 Å². The highest BCUT2D eigenvalue weighted by atomic mass is 32.2. The first-order chi connectivity index (χ1) is 23.6. The summed E-state index contributed by atoms with van der Waals surface area (Å²) in [5, 5.41) is 8.13. The van der Waals surface area contributed by atoms with Crippen molar-refractivity contribution >= 4 is 44.2 Å². The minimum Gasteiger partial charge on any atom is -0.472 e. The topological polar surface area (TPSA) is 147 Å². The van der Waals surface area contributed by atoms with Crippen LogP contribution in [0.5, 0.6) is 5.88 Å². The van der Waals surface area contributed by atoms with Gasteiger partial charge < -0.3 is 20.3 Å². The van der Waals surface area contributed by atoms with Crippen LogP contribution in [0.25, 0.3) is 10.8 Å².